The minimum Gasteiger partial charge on any atom is -0.379 e. The number of carbonyl (C=O) groups is 3. The number of morpholine rings is 1. The van der Waals surface area contributed by atoms with Crippen molar-refractivity contribution in [3.8, 4) is 0 Å². The molecule has 2 aromatic carbocycles. The van der Waals surface area contributed by atoms with Gasteiger partial charge in [0.25, 0.3) is 5.91 Å². The van der Waals surface area contributed by atoms with Crippen LogP contribution in [0.5, 0.6) is 0 Å². The molecule has 5 rings (SSSR count). The number of amides is 2. The molecule has 2 amide bonds. The van der Waals surface area contributed by atoms with Gasteiger partial charge in [-0.05, 0) is 54.5 Å². The molecule has 36 heavy (non-hydrogen) atoms. The molecule has 3 aliphatic heterocycles. The number of nitrogens with zero attached hydrogens (tertiary/aromatic N) is 2. The van der Waals surface area contributed by atoms with E-state index in [2.05, 4.69) is 22.9 Å². The van der Waals surface area contributed by atoms with E-state index >= 15 is 0 Å². The molecule has 7 heteroatoms. The van der Waals surface area contributed by atoms with Crippen molar-refractivity contribution in [1.82, 2.24) is 15.1 Å². The number of aryl methyl sites for hydroxylation is 1. The van der Waals surface area contributed by atoms with Crippen molar-refractivity contribution in [2.75, 3.05) is 32.8 Å². The maximum absolute atomic E-state index is 12.9. The van der Waals surface area contributed by atoms with E-state index < -0.39 is 6.04 Å². The molecule has 2 fully saturated rings. The number of rotatable bonds is 8. The summed E-state index contributed by atoms with van der Waals surface area (Å²) in [6.07, 6.45) is 3.22. The maximum atomic E-state index is 12.9. The Hall–Kier alpha value is -3.29. The molecule has 2 saturated heterocycles. The zero-order valence-electron chi connectivity index (χ0n) is 20.6. The molecular formula is C29H33N3O4. The lowest BCUT2D eigenvalue weighted by molar-refractivity contribution is -0.126. The zero-order valence-corrected chi connectivity index (χ0v) is 20.6. The molecule has 3 aliphatic rings. The second-order valence-electron chi connectivity index (χ2n) is 9.90. The number of piperidine rings is 1. The average molecular weight is 488 g/mol. The molecule has 2 aromatic rings. The van der Waals surface area contributed by atoms with Gasteiger partial charge in [-0.25, -0.2) is 0 Å². The van der Waals surface area contributed by atoms with Gasteiger partial charge in [0.05, 0.1) is 13.2 Å². The van der Waals surface area contributed by atoms with Crippen molar-refractivity contribution in [3.05, 3.63) is 82.6 Å². The van der Waals surface area contributed by atoms with Gasteiger partial charge in [0.2, 0.25) is 5.91 Å². The predicted octanol–water partition coefficient (Wildman–Crippen LogP) is 3.12. The topological polar surface area (TPSA) is 79.0 Å². The normalized spacial score (nSPS) is 20.4. The largest absolute Gasteiger partial charge is 0.379 e. The van der Waals surface area contributed by atoms with E-state index in [4.69, 9.17) is 4.74 Å². The highest BCUT2D eigenvalue weighted by atomic mass is 16.5. The molecule has 0 radical (unpaired) electrons. The van der Waals surface area contributed by atoms with Crippen molar-refractivity contribution >= 4 is 17.6 Å². The first-order valence-electron chi connectivity index (χ1n) is 12.8. The van der Waals surface area contributed by atoms with Crippen LogP contribution in [0.25, 0.3) is 0 Å². The van der Waals surface area contributed by atoms with Crippen molar-refractivity contribution in [3.63, 3.8) is 0 Å². The lowest BCUT2D eigenvalue weighted by atomic mass is 9.98. The molecular weight excluding hydrogens is 454 g/mol. The lowest BCUT2D eigenvalue weighted by Gasteiger charge is -2.30. The minimum atomic E-state index is -0.462. The molecule has 0 bridgehead atoms. The Morgan fingerprint density at radius 2 is 1.86 bits per heavy atom. The Kier molecular flexibility index (Phi) is 7.30. The molecule has 0 saturated carbocycles. The van der Waals surface area contributed by atoms with Gasteiger partial charge in [-0.1, -0.05) is 36.9 Å². The smallest absolute Gasteiger partial charge is 0.255 e. The molecule has 1 atom stereocenters. The van der Waals surface area contributed by atoms with E-state index in [1.807, 2.05) is 36.4 Å². The van der Waals surface area contributed by atoms with Crippen LogP contribution >= 0.6 is 0 Å². The fourth-order valence-electron chi connectivity index (χ4n) is 5.28. The zero-order chi connectivity index (χ0) is 25.1. The van der Waals surface area contributed by atoms with Crippen molar-refractivity contribution in [2.24, 2.45) is 0 Å². The lowest BCUT2D eigenvalue weighted by Crippen LogP contribution is -2.49. The third kappa shape index (κ3) is 5.42. The number of carbonyl (C=O) groups excluding carboxylic acids is 3. The van der Waals surface area contributed by atoms with Gasteiger partial charge in [-0.3, -0.25) is 19.3 Å². The number of benzene rings is 2. The second kappa shape index (κ2) is 10.8. The summed E-state index contributed by atoms with van der Waals surface area (Å²) in [4.78, 5) is 42.3. The van der Waals surface area contributed by atoms with Crippen LogP contribution in [0.3, 0.4) is 0 Å². The maximum Gasteiger partial charge on any atom is 0.255 e. The van der Waals surface area contributed by atoms with Crippen molar-refractivity contribution < 1.29 is 19.1 Å². The predicted molar refractivity (Wildman–Crippen MR) is 137 cm³/mol. The van der Waals surface area contributed by atoms with Gasteiger partial charge in [-0.2, -0.15) is 0 Å². The van der Waals surface area contributed by atoms with Crippen LogP contribution in [-0.4, -0.2) is 66.3 Å². The molecule has 0 aliphatic carbocycles. The average Bonchev–Trinajstić information content (AvgIpc) is 3.22. The molecule has 0 aromatic heterocycles. The summed E-state index contributed by atoms with van der Waals surface area (Å²) in [5.41, 5.74) is 5.24. The number of hydrogen-bond acceptors (Lipinski definition) is 5. The fraction of sp³-hybridized carbons (Fsp3) is 0.414. The van der Waals surface area contributed by atoms with Crippen molar-refractivity contribution in [1.29, 1.82) is 0 Å². The van der Waals surface area contributed by atoms with E-state index in [1.165, 1.54) is 5.56 Å². The Morgan fingerprint density at radius 3 is 2.67 bits per heavy atom. The highest BCUT2D eigenvalue weighted by Gasteiger charge is 2.38. The van der Waals surface area contributed by atoms with Crippen LogP contribution in [0.1, 0.15) is 56.7 Å². The summed E-state index contributed by atoms with van der Waals surface area (Å²) in [5, 5.41) is 2.77. The summed E-state index contributed by atoms with van der Waals surface area (Å²) < 4.78 is 5.41. The first-order chi connectivity index (χ1) is 17.5. The van der Waals surface area contributed by atoms with Gasteiger partial charge in [0, 0.05) is 49.4 Å². The Balaban J connectivity index is 1.17. The summed E-state index contributed by atoms with van der Waals surface area (Å²) >= 11 is 0. The molecule has 1 N–H and O–H groups in total. The van der Waals surface area contributed by atoms with Gasteiger partial charge in [0.1, 0.15) is 6.04 Å². The van der Waals surface area contributed by atoms with E-state index in [0.717, 1.165) is 56.0 Å². The van der Waals surface area contributed by atoms with Gasteiger partial charge >= 0.3 is 0 Å². The third-order valence-electron chi connectivity index (χ3n) is 7.41. The quantitative estimate of drug-likeness (QED) is 0.579. The standard InChI is InChI=1S/C29H33N3O4/c1-20-5-9-26(28(34)30-20)32-19-24-18-22(6-8-25(24)29(32)35)7-10-27(33)23-4-2-3-21(17-23)11-12-31-13-15-36-16-14-31/h2-4,6,8,17-18,26H,1,5,7,9-16,19H2,(H,30,34). The SMILES string of the molecule is C=C1CCC(N2Cc3cc(CCC(=O)c4cccc(CCN5CCOCC5)c4)ccc3C2=O)C(=O)N1. The van der Waals surface area contributed by atoms with E-state index in [1.54, 1.807) is 4.90 Å². The number of ketones is 1. The highest BCUT2D eigenvalue weighted by molar-refractivity contribution is 6.01. The van der Waals surface area contributed by atoms with Crippen molar-refractivity contribution in [2.45, 2.75) is 44.7 Å². The summed E-state index contributed by atoms with van der Waals surface area (Å²) in [5.74, 6) is -0.139. The fourth-order valence-corrected chi connectivity index (χ4v) is 5.28. The number of allylic oxidation sites excluding steroid dienone is 1. The number of ether oxygens (including phenoxy) is 1. The first kappa shape index (κ1) is 24.4. The van der Waals surface area contributed by atoms with Crippen LogP contribution in [0.2, 0.25) is 0 Å². The van der Waals surface area contributed by atoms with Gasteiger partial charge in [0.15, 0.2) is 5.78 Å². The van der Waals surface area contributed by atoms with E-state index in [9.17, 15) is 14.4 Å². The Bertz CT molecular complexity index is 1180. The first-order valence-corrected chi connectivity index (χ1v) is 12.8. The summed E-state index contributed by atoms with van der Waals surface area (Å²) in [7, 11) is 0. The van der Waals surface area contributed by atoms with Gasteiger partial charge in [-0.15, -0.1) is 0 Å². The van der Waals surface area contributed by atoms with Crippen LogP contribution in [0.15, 0.2) is 54.7 Å². The van der Waals surface area contributed by atoms with E-state index in [0.29, 0.717) is 43.5 Å². The van der Waals surface area contributed by atoms with Crippen LogP contribution in [0.4, 0.5) is 0 Å². The Labute approximate surface area is 212 Å². The highest BCUT2D eigenvalue weighted by Crippen LogP contribution is 2.29. The molecule has 0 spiro atoms. The summed E-state index contributed by atoms with van der Waals surface area (Å²) in [6, 6.07) is 13.3. The molecule has 3 heterocycles. The second-order valence-corrected chi connectivity index (χ2v) is 9.90. The van der Waals surface area contributed by atoms with Crippen LogP contribution < -0.4 is 5.32 Å². The Morgan fingerprint density at radius 1 is 1.06 bits per heavy atom. The minimum absolute atomic E-state index is 0.103. The number of fused-ring (bicyclic) bond motifs is 1. The molecule has 188 valence electrons. The number of nitrogens with one attached hydrogen (secondary N) is 1. The van der Waals surface area contributed by atoms with Crippen LogP contribution in [-0.2, 0) is 28.9 Å². The monoisotopic (exact) mass is 487 g/mol. The third-order valence-corrected chi connectivity index (χ3v) is 7.41. The summed E-state index contributed by atoms with van der Waals surface area (Å²) in [6.45, 7) is 8.73. The van der Waals surface area contributed by atoms with E-state index in [-0.39, 0.29) is 17.6 Å². The number of hydrogen-bond donors (Lipinski definition) is 1. The van der Waals surface area contributed by atoms with Gasteiger partial charge < -0.3 is 15.0 Å². The molecule has 7 nitrogen and oxygen atoms in total. The van der Waals surface area contributed by atoms with Crippen LogP contribution in [0, 0.1) is 0 Å². The molecule has 1 unspecified atom stereocenters. The number of Topliss-reactive ketones (excluding diaryl/α,β-unsaturated/α-hetero) is 1.